The molecule has 1 unspecified atom stereocenters. The molecule has 6 heteroatoms. The number of nitrogens with zero attached hydrogens (tertiary/aromatic N) is 1. The van der Waals surface area contributed by atoms with Gasteiger partial charge >= 0.3 is 0 Å². The third-order valence-corrected chi connectivity index (χ3v) is 7.37. The second kappa shape index (κ2) is 6.51. The molecule has 1 atom stereocenters. The number of amides is 1. The van der Waals surface area contributed by atoms with Crippen LogP contribution in [0.3, 0.4) is 0 Å². The molecule has 0 spiro atoms. The Balaban J connectivity index is 1.62. The largest absolute Gasteiger partial charge is 0.449 e. The van der Waals surface area contributed by atoms with E-state index in [9.17, 15) is 4.79 Å². The minimum absolute atomic E-state index is 0.0596. The molecule has 1 aliphatic heterocycles. The van der Waals surface area contributed by atoms with Crippen LogP contribution in [0.2, 0.25) is 5.02 Å². The van der Waals surface area contributed by atoms with Gasteiger partial charge in [-0.2, -0.15) is 0 Å². The number of benzene rings is 1. The SMILES string of the molecule is Cc1c(C(=O)N2CCc3sccc3C2c2cccs2)oc2c(Cl)cccc12. The van der Waals surface area contributed by atoms with Crippen LogP contribution in [-0.2, 0) is 6.42 Å². The van der Waals surface area contributed by atoms with Crippen LogP contribution < -0.4 is 0 Å². The van der Waals surface area contributed by atoms with Crippen molar-refractivity contribution in [3.05, 3.63) is 78.8 Å². The maximum atomic E-state index is 13.5. The van der Waals surface area contributed by atoms with Gasteiger partial charge in [0.05, 0.1) is 11.1 Å². The lowest BCUT2D eigenvalue weighted by Gasteiger charge is -2.35. The van der Waals surface area contributed by atoms with Gasteiger partial charge in [-0.25, -0.2) is 0 Å². The van der Waals surface area contributed by atoms with Gasteiger partial charge in [-0.05, 0) is 47.9 Å². The lowest BCUT2D eigenvalue weighted by molar-refractivity contribution is 0.0667. The molecular formula is C21H16ClNO2S2. The number of aryl methyl sites for hydroxylation is 1. The second-order valence-electron chi connectivity index (χ2n) is 6.64. The summed E-state index contributed by atoms with van der Waals surface area (Å²) in [6.07, 6.45) is 0.876. The lowest BCUT2D eigenvalue weighted by Crippen LogP contribution is -2.39. The quantitative estimate of drug-likeness (QED) is 0.386. The summed E-state index contributed by atoms with van der Waals surface area (Å²) in [5.74, 6) is 0.313. The molecule has 0 N–H and O–H groups in total. The van der Waals surface area contributed by atoms with Gasteiger partial charge in [-0.15, -0.1) is 22.7 Å². The van der Waals surface area contributed by atoms with Crippen molar-refractivity contribution < 1.29 is 9.21 Å². The zero-order valence-corrected chi connectivity index (χ0v) is 17.0. The minimum atomic E-state index is -0.0741. The number of halogens is 1. The summed E-state index contributed by atoms with van der Waals surface area (Å²) in [6.45, 7) is 2.61. The Morgan fingerprint density at radius 1 is 1.19 bits per heavy atom. The molecule has 3 nitrogen and oxygen atoms in total. The van der Waals surface area contributed by atoms with E-state index in [-0.39, 0.29) is 11.9 Å². The average molecular weight is 414 g/mol. The molecule has 0 saturated carbocycles. The Bertz CT molecular complexity index is 1140. The number of para-hydroxylation sites is 1. The Morgan fingerprint density at radius 2 is 2.07 bits per heavy atom. The Hall–Kier alpha value is -2.08. The molecule has 4 heterocycles. The highest BCUT2D eigenvalue weighted by Crippen LogP contribution is 2.41. The molecule has 136 valence electrons. The zero-order chi connectivity index (χ0) is 18.5. The highest BCUT2D eigenvalue weighted by atomic mass is 35.5. The topological polar surface area (TPSA) is 33.5 Å². The van der Waals surface area contributed by atoms with Crippen LogP contribution in [0.4, 0.5) is 0 Å². The van der Waals surface area contributed by atoms with Crippen molar-refractivity contribution in [3.63, 3.8) is 0 Å². The maximum Gasteiger partial charge on any atom is 0.290 e. The van der Waals surface area contributed by atoms with Gasteiger partial charge in [0, 0.05) is 27.2 Å². The molecule has 1 aliphatic rings. The molecule has 4 aromatic rings. The van der Waals surface area contributed by atoms with Crippen LogP contribution in [-0.4, -0.2) is 17.4 Å². The van der Waals surface area contributed by atoms with Gasteiger partial charge in [0.25, 0.3) is 5.91 Å². The number of carbonyl (C=O) groups is 1. The molecule has 5 rings (SSSR count). The minimum Gasteiger partial charge on any atom is -0.449 e. The van der Waals surface area contributed by atoms with Crippen molar-refractivity contribution in [1.82, 2.24) is 4.90 Å². The smallest absolute Gasteiger partial charge is 0.290 e. The molecule has 0 fully saturated rings. The third-order valence-electron chi connectivity index (χ3n) is 5.15. The van der Waals surface area contributed by atoms with Crippen LogP contribution in [0.1, 0.15) is 37.5 Å². The standard InChI is InChI=1S/C21H16ClNO2S2/c1-12-13-4-2-5-15(22)20(13)25-19(12)21(24)23-9-7-16-14(8-11-27-16)18(23)17-6-3-10-26-17/h2-6,8,10-11,18H,7,9H2,1H3. The summed E-state index contributed by atoms with van der Waals surface area (Å²) in [5, 5.41) is 5.60. The first-order chi connectivity index (χ1) is 13.1. The summed E-state index contributed by atoms with van der Waals surface area (Å²) in [5.41, 5.74) is 2.66. The van der Waals surface area contributed by atoms with Crippen molar-refractivity contribution in [2.45, 2.75) is 19.4 Å². The van der Waals surface area contributed by atoms with E-state index in [1.54, 1.807) is 28.7 Å². The van der Waals surface area contributed by atoms with E-state index in [0.29, 0.717) is 22.9 Å². The normalized spacial score (nSPS) is 16.7. The number of hydrogen-bond acceptors (Lipinski definition) is 4. The molecule has 1 amide bonds. The zero-order valence-electron chi connectivity index (χ0n) is 14.6. The summed E-state index contributed by atoms with van der Waals surface area (Å²) in [4.78, 5) is 18.0. The predicted octanol–water partition coefficient (Wildman–Crippen LogP) is 6.31. The van der Waals surface area contributed by atoms with E-state index < -0.39 is 0 Å². The number of furan rings is 1. The van der Waals surface area contributed by atoms with Gasteiger partial charge in [0.15, 0.2) is 11.3 Å². The Labute approximate surface area is 169 Å². The molecule has 0 saturated heterocycles. The van der Waals surface area contributed by atoms with E-state index in [1.807, 2.05) is 30.0 Å². The van der Waals surface area contributed by atoms with Crippen molar-refractivity contribution in [2.24, 2.45) is 0 Å². The van der Waals surface area contributed by atoms with Crippen LogP contribution in [0, 0.1) is 6.92 Å². The summed E-state index contributed by atoms with van der Waals surface area (Å²) < 4.78 is 5.96. The highest BCUT2D eigenvalue weighted by molar-refractivity contribution is 7.10. The fourth-order valence-corrected chi connectivity index (χ4v) is 5.80. The fourth-order valence-electron chi connectivity index (χ4n) is 3.83. The van der Waals surface area contributed by atoms with E-state index in [4.69, 9.17) is 16.0 Å². The molecule has 3 aromatic heterocycles. The van der Waals surface area contributed by atoms with Gasteiger partial charge in [-0.3, -0.25) is 4.79 Å². The molecular weight excluding hydrogens is 398 g/mol. The number of thiophene rings is 2. The summed E-state index contributed by atoms with van der Waals surface area (Å²) in [7, 11) is 0. The van der Waals surface area contributed by atoms with Gasteiger partial charge in [0.1, 0.15) is 0 Å². The molecule has 1 aromatic carbocycles. The van der Waals surface area contributed by atoms with Crippen LogP contribution >= 0.6 is 34.3 Å². The van der Waals surface area contributed by atoms with Crippen LogP contribution in [0.15, 0.2) is 51.6 Å². The Kier molecular flexibility index (Phi) is 4.11. The fraction of sp³-hybridized carbons (Fsp3) is 0.190. The maximum absolute atomic E-state index is 13.5. The van der Waals surface area contributed by atoms with Crippen LogP contribution in [0.25, 0.3) is 11.0 Å². The van der Waals surface area contributed by atoms with Gasteiger partial charge < -0.3 is 9.32 Å². The van der Waals surface area contributed by atoms with Gasteiger partial charge in [0.2, 0.25) is 0 Å². The van der Waals surface area contributed by atoms with E-state index in [0.717, 1.165) is 17.4 Å². The molecule has 0 aliphatic carbocycles. The number of carbonyl (C=O) groups excluding carboxylic acids is 1. The number of hydrogen-bond donors (Lipinski definition) is 0. The van der Waals surface area contributed by atoms with E-state index in [2.05, 4.69) is 22.9 Å². The number of fused-ring (bicyclic) bond motifs is 2. The first-order valence-electron chi connectivity index (χ1n) is 8.73. The second-order valence-corrected chi connectivity index (χ2v) is 9.03. The van der Waals surface area contributed by atoms with Crippen LogP contribution in [0.5, 0.6) is 0 Å². The van der Waals surface area contributed by atoms with Crippen molar-refractivity contribution in [2.75, 3.05) is 6.54 Å². The summed E-state index contributed by atoms with van der Waals surface area (Å²) in [6, 6.07) is 11.8. The molecule has 0 radical (unpaired) electrons. The highest BCUT2D eigenvalue weighted by Gasteiger charge is 2.36. The van der Waals surface area contributed by atoms with Gasteiger partial charge in [-0.1, -0.05) is 29.8 Å². The van der Waals surface area contributed by atoms with Crippen molar-refractivity contribution in [1.29, 1.82) is 0 Å². The molecule has 0 bridgehead atoms. The predicted molar refractivity (Wildman–Crippen MR) is 111 cm³/mol. The van der Waals surface area contributed by atoms with Crippen molar-refractivity contribution in [3.8, 4) is 0 Å². The van der Waals surface area contributed by atoms with E-state index in [1.165, 1.54) is 15.3 Å². The third kappa shape index (κ3) is 2.64. The lowest BCUT2D eigenvalue weighted by atomic mass is 9.98. The van der Waals surface area contributed by atoms with Crippen molar-refractivity contribution >= 4 is 51.2 Å². The first kappa shape index (κ1) is 17.0. The average Bonchev–Trinajstić information content (AvgIpc) is 3.41. The first-order valence-corrected chi connectivity index (χ1v) is 10.9. The number of rotatable bonds is 2. The Morgan fingerprint density at radius 3 is 2.85 bits per heavy atom. The monoisotopic (exact) mass is 413 g/mol. The molecule has 27 heavy (non-hydrogen) atoms. The summed E-state index contributed by atoms with van der Waals surface area (Å²) >= 11 is 9.73. The van der Waals surface area contributed by atoms with E-state index >= 15 is 0 Å².